The fraction of sp³-hybridized carbons (Fsp3) is 0.167. The van der Waals surface area contributed by atoms with Gasteiger partial charge in [-0.1, -0.05) is 15.9 Å². The summed E-state index contributed by atoms with van der Waals surface area (Å²) in [4.78, 5) is 2.48. The lowest BCUT2D eigenvalue weighted by Crippen LogP contribution is -1.99. The Balaban J connectivity index is 2.07. The number of aryl methyl sites for hydroxylation is 1. The highest BCUT2D eigenvalue weighted by molar-refractivity contribution is 9.10. The van der Waals surface area contributed by atoms with Crippen LogP contribution in [-0.2, 0) is 6.54 Å². The molecule has 2 rings (SSSR count). The van der Waals surface area contributed by atoms with Crippen LogP contribution in [0.1, 0.15) is 9.75 Å². The standard InChI is InChI=1S/C12H11BrFNS/c1-8-2-4-10(16-8)7-15-12-6-9(13)3-5-11(12)14/h2-6,15H,7H2,1H3. The summed E-state index contributed by atoms with van der Waals surface area (Å²) in [6.07, 6.45) is 0. The van der Waals surface area contributed by atoms with Crippen molar-refractivity contribution in [2.45, 2.75) is 13.5 Å². The lowest BCUT2D eigenvalue weighted by atomic mass is 10.3. The average Bonchev–Trinajstić information content (AvgIpc) is 2.66. The van der Waals surface area contributed by atoms with Crippen molar-refractivity contribution < 1.29 is 4.39 Å². The molecule has 0 atom stereocenters. The van der Waals surface area contributed by atoms with Gasteiger partial charge in [-0.15, -0.1) is 11.3 Å². The van der Waals surface area contributed by atoms with Crippen molar-refractivity contribution >= 4 is 33.0 Å². The van der Waals surface area contributed by atoms with Gasteiger partial charge in [-0.25, -0.2) is 4.39 Å². The Morgan fingerprint density at radius 2 is 2.12 bits per heavy atom. The van der Waals surface area contributed by atoms with E-state index in [1.54, 1.807) is 23.5 Å². The topological polar surface area (TPSA) is 12.0 Å². The van der Waals surface area contributed by atoms with Crippen molar-refractivity contribution in [2.75, 3.05) is 5.32 Å². The number of hydrogen-bond donors (Lipinski definition) is 1. The molecule has 0 radical (unpaired) electrons. The fourth-order valence-corrected chi connectivity index (χ4v) is 2.59. The summed E-state index contributed by atoms with van der Waals surface area (Å²) in [6, 6.07) is 9.01. The van der Waals surface area contributed by atoms with E-state index in [0.29, 0.717) is 12.2 Å². The molecule has 0 fully saturated rings. The Hall–Kier alpha value is -0.870. The molecule has 1 aromatic carbocycles. The van der Waals surface area contributed by atoms with Gasteiger partial charge in [0, 0.05) is 20.8 Å². The first-order valence-electron chi connectivity index (χ1n) is 4.89. The number of nitrogens with one attached hydrogen (secondary N) is 1. The molecule has 2 aromatic rings. The van der Waals surface area contributed by atoms with Gasteiger partial charge in [0.05, 0.1) is 5.69 Å². The Bertz CT molecular complexity index is 496. The fourth-order valence-electron chi connectivity index (χ4n) is 1.40. The molecule has 16 heavy (non-hydrogen) atoms. The lowest BCUT2D eigenvalue weighted by Gasteiger charge is -2.06. The van der Waals surface area contributed by atoms with Gasteiger partial charge in [-0.2, -0.15) is 0 Å². The minimum absolute atomic E-state index is 0.225. The smallest absolute Gasteiger partial charge is 0.146 e. The van der Waals surface area contributed by atoms with Crippen molar-refractivity contribution in [1.29, 1.82) is 0 Å². The predicted molar refractivity (Wildman–Crippen MR) is 70.5 cm³/mol. The van der Waals surface area contributed by atoms with Gasteiger partial charge in [0.25, 0.3) is 0 Å². The molecule has 0 bridgehead atoms. The molecular formula is C12H11BrFNS. The Morgan fingerprint density at radius 1 is 1.31 bits per heavy atom. The van der Waals surface area contributed by atoms with E-state index in [9.17, 15) is 4.39 Å². The molecule has 4 heteroatoms. The maximum Gasteiger partial charge on any atom is 0.146 e. The molecular weight excluding hydrogens is 289 g/mol. The van der Waals surface area contributed by atoms with Gasteiger partial charge in [-0.05, 0) is 37.3 Å². The SMILES string of the molecule is Cc1ccc(CNc2cc(Br)ccc2F)s1. The molecule has 84 valence electrons. The van der Waals surface area contributed by atoms with Crippen LogP contribution in [0.3, 0.4) is 0 Å². The number of rotatable bonds is 3. The van der Waals surface area contributed by atoms with Crippen LogP contribution in [0, 0.1) is 12.7 Å². The summed E-state index contributed by atoms with van der Waals surface area (Å²) in [5, 5.41) is 3.09. The molecule has 1 heterocycles. The van der Waals surface area contributed by atoms with Gasteiger partial charge >= 0.3 is 0 Å². The van der Waals surface area contributed by atoms with Crippen LogP contribution in [0.2, 0.25) is 0 Å². The normalized spacial score (nSPS) is 10.4. The van der Waals surface area contributed by atoms with E-state index in [0.717, 1.165) is 4.47 Å². The first-order chi connectivity index (χ1) is 7.65. The van der Waals surface area contributed by atoms with Crippen LogP contribution in [0.15, 0.2) is 34.8 Å². The van der Waals surface area contributed by atoms with Gasteiger partial charge in [-0.3, -0.25) is 0 Å². The molecule has 0 amide bonds. The Labute approximate surface area is 106 Å². The monoisotopic (exact) mass is 299 g/mol. The van der Waals surface area contributed by atoms with E-state index in [4.69, 9.17) is 0 Å². The molecule has 0 unspecified atom stereocenters. The van der Waals surface area contributed by atoms with E-state index >= 15 is 0 Å². The van der Waals surface area contributed by atoms with Crippen molar-refractivity contribution in [3.63, 3.8) is 0 Å². The van der Waals surface area contributed by atoms with Crippen LogP contribution in [-0.4, -0.2) is 0 Å². The second-order valence-electron chi connectivity index (χ2n) is 3.49. The largest absolute Gasteiger partial charge is 0.378 e. The van der Waals surface area contributed by atoms with Crippen molar-refractivity contribution in [3.05, 3.63) is 50.4 Å². The summed E-state index contributed by atoms with van der Waals surface area (Å²) < 4.78 is 14.3. The number of anilines is 1. The lowest BCUT2D eigenvalue weighted by molar-refractivity contribution is 0.630. The zero-order valence-corrected chi connectivity index (χ0v) is 11.2. The van der Waals surface area contributed by atoms with E-state index in [1.807, 2.05) is 0 Å². The summed E-state index contributed by atoms with van der Waals surface area (Å²) in [6.45, 7) is 2.72. The van der Waals surface area contributed by atoms with E-state index in [-0.39, 0.29) is 5.82 Å². The van der Waals surface area contributed by atoms with Gasteiger partial charge in [0.1, 0.15) is 5.82 Å². The van der Waals surface area contributed by atoms with Crippen molar-refractivity contribution in [3.8, 4) is 0 Å². The summed E-state index contributed by atoms with van der Waals surface area (Å²) >= 11 is 5.04. The zero-order chi connectivity index (χ0) is 11.5. The Kier molecular flexibility index (Phi) is 3.61. The third kappa shape index (κ3) is 2.83. The molecule has 0 aliphatic carbocycles. The predicted octanol–water partition coefficient (Wildman–Crippen LogP) is 4.57. The van der Waals surface area contributed by atoms with Crippen molar-refractivity contribution in [2.24, 2.45) is 0 Å². The average molecular weight is 300 g/mol. The first kappa shape index (κ1) is 11.6. The maximum atomic E-state index is 13.4. The van der Waals surface area contributed by atoms with Gasteiger partial charge in [0.15, 0.2) is 0 Å². The van der Waals surface area contributed by atoms with Crippen LogP contribution < -0.4 is 5.32 Å². The van der Waals surface area contributed by atoms with Gasteiger partial charge < -0.3 is 5.32 Å². The summed E-state index contributed by atoms with van der Waals surface area (Å²) in [7, 11) is 0. The molecule has 0 aliphatic heterocycles. The number of halogens is 2. The summed E-state index contributed by atoms with van der Waals surface area (Å²) in [5.41, 5.74) is 0.528. The quantitative estimate of drug-likeness (QED) is 0.875. The molecule has 0 saturated heterocycles. The molecule has 1 nitrogen and oxygen atoms in total. The van der Waals surface area contributed by atoms with E-state index in [1.165, 1.54) is 15.8 Å². The highest BCUT2D eigenvalue weighted by Crippen LogP contribution is 2.22. The summed E-state index contributed by atoms with van der Waals surface area (Å²) in [5.74, 6) is -0.225. The molecule has 1 aromatic heterocycles. The zero-order valence-electron chi connectivity index (χ0n) is 8.76. The van der Waals surface area contributed by atoms with E-state index < -0.39 is 0 Å². The second-order valence-corrected chi connectivity index (χ2v) is 5.78. The number of thiophene rings is 1. The van der Waals surface area contributed by atoms with Gasteiger partial charge in [0.2, 0.25) is 0 Å². The first-order valence-corrected chi connectivity index (χ1v) is 6.50. The highest BCUT2D eigenvalue weighted by Gasteiger charge is 2.03. The highest BCUT2D eigenvalue weighted by atomic mass is 79.9. The third-order valence-electron chi connectivity index (χ3n) is 2.18. The number of hydrogen-bond acceptors (Lipinski definition) is 2. The Morgan fingerprint density at radius 3 is 2.81 bits per heavy atom. The molecule has 1 N–H and O–H groups in total. The molecule has 0 spiro atoms. The second kappa shape index (κ2) is 4.97. The third-order valence-corrected chi connectivity index (χ3v) is 3.67. The molecule has 0 saturated carbocycles. The maximum absolute atomic E-state index is 13.4. The minimum atomic E-state index is -0.225. The van der Waals surface area contributed by atoms with Crippen LogP contribution >= 0.6 is 27.3 Å². The van der Waals surface area contributed by atoms with Crippen molar-refractivity contribution in [1.82, 2.24) is 0 Å². The van der Waals surface area contributed by atoms with Crippen LogP contribution in [0.4, 0.5) is 10.1 Å². The van der Waals surface area contributed by atoms with Crippen LogP contribution in [0.25, 0.3) is 0 Å². The number of benzene rings is 1. The molecule has 0 aliphatic rings. The van der Waals surface area contributed by atoms with Crippen LogP contribution in [0.5, 0.6) is 0 Å². The minimum Gasteiger partial charge on any atom is -0.378 e. The van der Waals surface area contributed by atoms with E-state index in [2.05, 4.69) is 40.3 Å².